The maximum Gasteiger partial charge on any atom is 0.149 e. The first-order valence-corrected chi connectivity index (χ1v) is 6.98. The molecule has 3 N–H and O–H groups in total. The highest BCUT2D eigenvalue weighted by Crippen LogP contribution is 2.23. The van der Waals surface area contributed by atoms with Crippen molar-refractivity contribution in [2.45, 2.75) is 19.8 Å². The van der Waals surface area contributed by atoms with Gasteiger partial charge in [-0.15, -0.1) is 0 Å². The summed E-state index contributed by atoms with van der Waals surface area (Å²) >= 11 is 0. The van der Waals surface area contributed by atoms with Crippen molar-refractivity contribution in [3.63, 3.8) is 0 Å². The number of benzene rings is 1. The molecule has 1 aromatic carbocycles. The predicted octanol–water partition coefficient (Wildman–Crippen LogP) is 2.66. The summed E-state index contributed by atoms with van der Waals surface area (Å²) in [7, 11) is 0. The van der Waals surface area contributed by atoms with Gasteiger partial charge in [0.2, 0.25) is 0 Å². The number of aromatic nitrogens is 3. The molecule has 0 saturated carbocycles. The van der Waals surface area contributed by atoms with Gasteiger partial charge in [0, 0.05) is 12.6 Å². The standard InChI is InChI=1S/C16H17N5/c1-2-6-14-20-12-8-3-4-9-13(12)21(14)16-11(15(17)18)7-5-10-19-16/h3-5,7-10H,2,6H2,1H3,(H3,17,18). The van der Waals surface area contributed by atoms with Crippen LogP contribution in [0.1, 0.15) is 24.7 Å². The average Bonchev–Trinajstić information content (AvgIpc) is 2.85. The predicted molar refractivity (Wildman–Crippen MR) is 83.9 cm³/mol. The van der Waals surface area contributed by atoms with Crippen LogP contribution in [0.3, 0.4) is 0 Å². The van der Waals surface area contributed by atoms with Crippen molar-refractivity contribution in [3.05, 3.63) is 54.0 Å². The third kappa shape index (κ3) is 2.27. The van der Waals surface area contributed by atoms with Crippen LogP contribution in [0.4, 0.5) is 0 Å². The molecule has 2 aromatic heterocycles. The molecule has 0 spiro atoms. The number of aryl methyl sites for hydroxylation is 1. The van der Waals surface area contributed by atoms with Gasteiger partial charge in [0.05, 0.1) is 16.6 Å². The summed E-state index contributed by atoms with van der Waals surface area (Å²) in [6.45, 7) is 2.12. The number of hydrogen-bond donors (Lipinski definition) is 2. The first-order valence-electron chi connectivity index (χ1n) is 6.98. The van der Waals surface area contributed by atoms with E-state index in [4.69, 9.17) is 16.1 Å². The maximum atomic E-state index is 7.76. The fourth-order valence-corrected chi connectivity index (χ4v) is 2.49. The largest absolute Gasteiger partial charge is 0.384 e. The van der Waals surface area contributed by atoms with Crippen molar-refractivity contribution in [1.82, 2.24) is 14.5 Å². The number of nitrogens with two attached hydrogens (primary N) is 1. The maximum absolute atomic E-state index is 7.76. The lowest BCUT2D eigenvalue weighted by molar-refractivity contribution is 0.807. The number of pyridine rings is 1. The molecule has 0 bridgehead atoms. The summed E-state index contributed by atoms with van der Waals surface area (Å²) in [4.78, 5) is 9.13. The molecule has 0 unspecified atom stereocenters. The van der Waals surface area contributed by atoms with Crippen molar-refractivity contribution in [2.24, 2.45) is 5.73 Å². The monoisotopic (exact) mass is 279 g/mol. The number of imidazole rings is 1. The Hall–Kier alpha value is -2.69. The van der Waals surface area contributed by atoms with E-state index in [1.54, 1.807) is 12.3 Å². The Balaban J connectivity index is 2.33. The Morgan fingerprint density at radius 2 is 2.05 bits per heavy atom. The van der Waals surface area contributed by atoms with Gasteiger partial charge in [0.25, 0.3) is 0 Å². The Morgan fingerprint density at radius 3 is 2.81 bits per heavy atom. The molecule has 0 aliphatic carbocycles. The molecular formula is C16H17N5. The molecule has 5 heteroatoms. The van der Waals surface area contributed by atoms with E-state index in [1.807, 2.05) is 34.9 Å². The van der Waals surface area contributed by atoms with E-state index in [1.165, 1.54) is 0 Å². The van der Waals surface area contributed by atoms with Crippen molar-refractivity contribution in [2.75, 3.05) is 0 Å². The SMILES string of the molecule is CCCc1nc2ccccc2n1-c1ncccc1C(=N)N. The van der Waals surface area contributed by atoms with Crippen LogP contribution in [0.2, 0.25) is 0 Å². The number of para-hydroxylation sites is 2. The van der Waals surface area contributed by atoms with Crippen molar-refractivity contribution in [1.29, 1.82) is 5.41 Å². The molecule has 0 saturated heterocycles. The Bertz CT molecular complexity index is 803. The van der Waals surface area contributed by atoms with E-state index in [9.17, 15) is 0 Å². The van der Waals surface area contributed by atoms with Crippen molar-refractivity contribution >= 4 is 16.9 Å². The van der Waals surface area contributed by atoms with E-state index in [-0.39, 0.29) is 5.84 Å². The summed E-state index contributed by atoms with van der Waals surface area (Å²) < 4.78 is 2.01. The first-order chi connectivity index (χ1) is 10.2. The van der Waals surface area contributed by atoms with Gasteiger partial charge in [0.15, 0.2) is 0 Å². The van der Waals surface area contributed by atoms with Crippen LogP contribution in [0.5, 0.6) is 0 Å². The molecule has 0 radical (unpaired) electrons. The van der Waals surface area contributed by atoms with Gasteiger partial charge in [-0.25, -0.2) is 9.97 Å². The minimum absolute atomic E-state index is 0.0123. The zero-order chi connectivity index (χ0) is 14.8. The molecule has 21 heavy (non-hydrogen) atoms. The second kappa shape index (κ2) is 5.36. The first kappa shape index (κ1) is 13.3. The molecular weight excluding hydrogens is 262 g/mol. The summed E-state index contributed by atoms with van der Waals surface area (Å²) in [5.41, 5.74) is 8.24. The van der Waals surface area contributed by atoms with Gasteiger partial charge in [-0.1, -0.05) is 19.1 Å². The van der Waals surface area contributed by atoms with Crippen LogP contribution in [0, 0.1) is 5.41 Å². The lowest BCUT2D eigenvalue weighted by Crippen LogP contribution is -2.16. The van der Waals surface area contributed by atoms with E-state index < -0.39 is 0 Å². The number of nitrogens with one attached hydrogen (secondary N) is 1. The van der Waals surface area contributed by atoms with Crippen LogP contribution in [0.25, 0.3) is 16.9 Å². The minimum atomic E-state index is 0.0123. The summed E-state index contributed by atoms with van der Waals surface area (Å²) in [6, 6.07) is 11.6. The number of amidine groups is 1. The molecule has 0 fully saturated rings. The van der Waals surface area contributed by atoms with Crippen molar-refractivity contribution in [3.8, 4) is 5.82 Å². The Labute approximate surface area is 123 Å². The van der Waals surface area contributed by atoms with E-state index in [2.05, 4.69) is 11.9 Å². The number of nitrogens with zero attached hydrogens (tertiary/aromatic N) is 3. The molecule has 106 valence electrons. The zero-order valence-corrected chi connectivity index (χ0v) is 11.9. The lowest BCUT2D eigenvalue weighted by Gasteiger charge is -2.11. The van der Waals surface area contributed by atoms with E-state index in [0.717, 1.165) is 29.7 Å². The third-order valence-corrected chi connectivity index (χ3v) is 3.39. The lowest BCUT2D eigenvalue weighted by atomic mass is 10.2. The second-order valence-corrected chi connectivity index (χ2v) is 4.89. The van der Waals surface area contributed by atoms with Gasteiger partial charge in [0.1, 0.15) is 17.5 Å². The van der Waals surface area contributed by atoms with Crippen LogP contribution < -0.4 is 5.73 Å². The minimum Gasteiger partial charge on any atom is -0.384 e. The smallest absolute Gasteiger partial charge is 0.149 e. The highest BCUT2D eigenvalue weighted by Gasteiger charge is 2.16. The van der Waals surface area contributed by atoms with Crippen molar-refractivity contribution < 1.29 is 0 Å². The number of rotatable bonds is 4. The highest BCUT2D eigenvalue weighted by molar-refractivity contribution is 5.98. The summed E-state index contributed by atoms with van der Waals surface area (Å²) in [5.74, 6) is 1.63. The summed E-state index contributed by atoms with van der Waals surface area (Å²) in [6.07, 6.45) is 3.56. The topological polar surface area (TPSA) is 80.6 Å². The molecule has 0 aliphatic heterocycles. The Kier molecular flexibility index (Phi) is 3.39. The zero-order valence-electron chi connectivity index (χ0n) is 11.9. The quantitative estimate of drug-likeness (QED) is 0.569. The van der Waals surface area contributed by atoms with Gasteiger partial charge in [-0.3, -0.25) is 9.98 Å². The average molecular weight is 279 g/mol. The van der Waals surface area contributed by atoms with E-state index in [0.29, 0.717) is 11.4 Å². The molecule has 2 heterocycles. The van der Waals surface area contributed by atoms with E-state index >= 15 is 0 Å². The van der Waals surface area contributed by atoms with Crippen LogP contribution in [-0.2, 0) is 6.42 Å². The summed E-state index contributed by atoms with van der Waals surface area (Å²) in [5, 5.41) is 7.76. The van der Waals surface area contributed by atoms with Crippen LogP contribution in [-0.4, -0.2) is 20.4 Å². The normalized spacial score (nSPS) is 10.9. The molecule has 0 amide bonds. The van der Waals surface area contributed by atoms with Gasteiger partial charge in [-0.05, 0) is 30.7 Å². The van der Waals surface area contributed by atoms with Gasteiger partial charge < -0.3 is 5.73 Å². The van der Waals surface area contributed by atoms with Crippen LogP contribution >= 0.6 is 0 Å². The van der Waals surface area contributed by atoms with Gasteiger partial charge >= 0.3 is 0 Å². The second-order valence-electron chi connectivity index (χ2n) is 4.89. The Morgan fingerprint density at radius 1 is 1.24 bits per heavy atom. The number of fused-ring (bicyclic) bond motifs is 1. The third-order valence-electron chi connectivity index (χ3n) is 3.39. The number of nitrogen functional groups attached to an aromatic ring is 1. The molecule has 3 rings (SSSR count). The fraction of sp³-hybridized carbons (Fsp3) is 0.188. The van der Waals surface area contributed by atoms with Gasteiger partial charge in [-0.2, -0.15) is 0 Å². The molecule has 0 aliphatic rings. The molecule has 3 aromatic rings. The molecule has 0 atom stereocenters. The van der Waals surface area contributed by atoms with Crippen LogP contribution in [0.15, 0.2) is 42.6 Å². The highest BCUT2D eigenvalue weighted by atomic mass is 15.1. The molecule has 5 nitrogen and oxygen atoms in total. The number of hydrogen-bond acceptors (Lipinski definition) is 3. The fourth-order valence-electron chi connectivity index (χ4n) is 2.49.